The molecule has 0 radical (unpaired) electrons. The smallest absolute Gasteiger partial charge is 0.255 e. The Kier molecular flexibility index (Phi) is 6.13. The van der Waals surface area contributed by atoms with E-state index in [1.807, 2.05) is 32.0 Å². The molecule has 0 aromatic heterocycles. The zero-order valence-electron chi connectivity index (χ0n) is 14.5. The highest BCUT2D eigenvalue weighted by atomic mass is 16.2. The molecule has 2 aromatic rings. The molecule has 0 saturated carbocycles. The van der Waals surface area contributed by atoms with E-state index in [9.17, 15) is 9.59 Å². The van der Waals surface area contributed by atoms with Gasteiger partial charge in [0.25, 0.3) is 11.8 Å². The third-order valence-corrected chi connectivity index (χ3v) is 3.99. The summed E-state index contributed by atoms with van der Waals surface area (Å²) < 4.78 is 0. The highest BCUT2D eigenvalue weighted by Gasteiger charge is 2.09. The molecule has 4 nitrogen and oxygen atoms in total. The third-order valence-electron chi connectivity index (χ3n) is 3.99. The Morgan fingerprint density at radius 3 is 2.08 bits per heavy atom. The topological polar surface area (TPSA) is 58.2 Å². The SMILES string of the molecule is CCCCNC(=O)c1ccc(C(=O)Nc2ccc(C)c(C)c2)cc1. The Morgan fingerprint density at radius 1 is 0.875 bits per heavy atom. The van der Waals surface area contributed by atoms with Gasteiger partial charge in [-0.05, 0) is 67.8 Å². The summed E-state index contributed by atoms with van der Waals surface area (Å²) in [5.41, 5.74) is 4.18. The van der Waals surface area contributed by atoms with Gasteiger partial charge in [0.15, 0.2) is 0 Å². The van der Waals surface area contributed by atoms with Crippen LogP contribution in [-0.2, 0) is 0 Å². The van der Waals surface area contributed by atoms with Gasteiger partial charge in [-0.25, -0.2) is 0 Å². The fourth-order valence-electron chi connectivity index (χ4n) is 2.28. The minimum atomic E-state index is -0.184. The van der Waals surface area contributed by atoms with E-state index in [4.69, 9.17) is 0 Å². The molecule has 0 aliphatic heterocycles. The molecule has 0 bridgehead atoms. The van der Waals surface area contributed by atoms with E-state index in [0.29, 0.717) is 17.7 Å². The van der Waals surface area contributed by atoms with Crippen LogP contribution in [0.15, 0.2) is 42.5 Å². The summed E-state index contributed by atoms with van der Waals surface area (Å²) in [7, 11) is 0. The number of rotatable bonds is 6. The van der Waals surface area contributed by atoms with Crippen molar-refractivity contribution in [3.05, 3.63) is 64.7 Å². The molecule has 0 unspecified atom stereocenters. The Morgan fingerprint density at radius 2 is 1.50 bits per heavy atom. The van der Waals surface area contributed by atoms with Crippen molar-refractivity contribution in [3.63, 3.8) is 0 Å². The standard InChI is InChI=1S/C20H24N2O2/c1-4-5-12-21-19(23)16-7-9-17(10-8-16)20(24)22-18-11-6-14(2)15(3)13-18/h6-11,13H,4-5,12H2,1-3H3,(H,21,23)(H,22,24). The Balaban J connectivity index is 2.00. The van der Waals surface area contributed by atoms with Crippen LogP contribution in [0.2, 0.25) is 0 Å². The highest BCUT2D eigenvalue weighted by Crippen LogP contribution is 2.15. The lowest BCUT2D eigenvalue weighted by Crippen LogP contribution is -2.24. The lowest BCUT2D eigenvalue weighted by atomic mass is 10.1. The second-order valence-electron chi connectivity index (χ2n) is 5.94. The molecule has 0 atom stereocenters. The van der Waals surface area contributed by atoms with E-state index < -0.39 is 0 Å². The monoisotopic (exact) mass is 324 g/mol. The molecule has 0 fully saturated rings. The van der Waals surface area contributed by atoms with Crippen molar-refractivity contribution in [2.24, 2.45) is 0 Å². The number of anilines is 1. The average Bonchev–Trinajstić information content (AvgIpc) is 2.58. The Hall–Kier alpha value is -2.62. The van der Waals surface area contributed by atoms with Crippen LogP contribution < -0.4 is 10.6 Å². The second kappa shape index (κ2) is 8.29. The number of carbonyl (C=O) groups excluding carboxylic acids is 2. The first-order valence-electron chi connectivity index (χ1n) is 8.28. The van der Waals surface area contributed by atoms with Crippen LogP contribution >= 0.6 is 0 Å². The quantitative estimate of drug-likeness (QED) is 0.786. The van der Waals surface area contributed by atoms with Crippen LogP contribution in [0.3, 0.4) is 0 Å². The fraction of sp³-hybridized carbons (Fsp3) is 0.300. The second-order valence-corrected chi connectivity index (χ2v) is 5.94. The maximum Gasteiger partial charge on any atom is 0.255 e. The number of unbranched alkanes of at least 4 members (excludes halogenated alkanes) is 1. The van der Waals surface area contributed by atoms with Crippen LogP contribution in [0.25, 0.3) is 0 Å². The summed E-state index contributed by atoms with van der Waals surface area (Å²) >= 11 is 0. The van der Waals surface area contributed by atoms with Crippen molar-refractivity contribution in [1.29, 1.82) is 0 Å². The summed E-state index contributed by atoms with van der Waals surface area (Å²) in [6.45, 7) is 6.79. The molecule has 2 rings (SSSR count). The average molecular weight is 324 g/mol. The van der Waals surface area contributed by atoms with Gasteiger partial charge in [-0.15, -0.1) is 0 Å². The molecule has 0 aliphatic rings. The number of benzene rings is 2. The van der Waals surface area contributed by atoms with Crippen molar-refractivity contribution in [1.82, 2.24) is 5.32 Å². The van der Waals surface area contributed by atoms with Gasteiger partial charge in [-0.1, -0.05) is 19.4 Å². The van der Waals surface area contributed by atoms with Crippen LogP contribution in [0, 0.1) is 13.8 Å². The third kappa shape index (κ3) is 4.69. The van der Waals surface area contributed by atoms with Crippen molar-refractivity contribution in [3.8, 4) is 0 Å². The van der Waals surface area contributed by atoms with Crippen LogP contribution in [0.4, 0.5) is 5.69 Å². The summed E-state index contributed by atoms with van der Waals surface area (Å²) in [6.07, 6.45) is 2.00. The summed E-state index contributed by atoms with van der Waals surface area (Å²) in [4.78, 5) is 24.2. The van der Waals surface area contributed by atoms with E-state index in [0.717, 1.165) is 24.1 Å². The minimum Gasteiger partial charge on any atom is -0.352 e. The van der Waals surface area contributed by atoms with Gasteiger partial charge in [0.1, 0.15) is 0 Å². The Bertz CT molecular complexity index is 721. The lowest BCUT2D eigenvalue weighted by molar-refractivity contribution is 0.0951. The number of amides is 2. The fourth-order valence-corrected chi connectivity index (χ4v) is 2.28. The van der Waals surface area contributed by atoms with E-state index >= 15 is 0 Å². The van der Waals surface area contributed by atoms with Crippen LogP contribution in [-0.4, -0.2) is 18.4 Å². The van der Waals surface area contributed by atoms with Crippen molar-refractivity contribution in [2.45, 2.75) is 33.6 Å². The zero-order valence-corrected chi connectivity index (χ0v) is 14.5. The van der Waals surface area contributed by atoms with Gasteiger partial charge in [0.05, 0.1) is 0 Å². The van der Waals surface area contributed by atoms with E-state index in [1.54, 1.807) is 24.3 Å². The summed E-state index contributed by atoms with van der Waals surface area (Å²) in [5, 5.41) is 5.74. The van der Waals surface area contributed by atoms with Crippen molar-refractivity contribution >= 4 is 17.5 Å². The van der Waals surface area contributed by atoms with Crippen LogP contribution in [0.1, 0.15) is 51.6 Å². The molecule has 0 aliphatic carbocycles. The first-order valence-corrected chi connectivity index (χ1v) is 8.28. The number of aryl methyl sites for hydroxylation is 2. The number of hydrogen-bond acceptors (Lipinski definition) is 2. The first kappa shape index (κ1) is 17.7. The Labute approximate surface area is 143 Å². The van der Waals surface area contributed by atoms with Crippen LogP contribution in [0.5, 0.6) is 0 Å². The largest absolute Gasteiger partial charge is 0.352 e. The summed E-state index contributed by atoms with van der Waals surface area (Å²) in [5.74, 6) is -0.291. The maximum absolute atomic E-state index is 12.3. The minimum absolute atomic E-state index is 0.107. The normalized spacial score (nSPS) is 10.3. The van der Waals surface area contributed by atoms with Gasteiger partial charge in [-0.3, -0.25) is 9.59 Å². The van der Waals surface area contributed by atoms with Crippen molar-refractivity contribution < 1.29 is 9.59 Å². The van der Waals surface area contributed by atoms with Gasteiger partial charge < -0.3 is 10.6 Å². The molecule has 2 aromatic carbocycles. The van der Waals surface area contributed by atoms with E-state index in [1.165, 1.54) is 5.56 Å². The molecule has 126 valence electrons. The molecular weight excluding hydrogens is 300 g/mol. The molecule has 0 heterocycles. The predicted octanol–water partition coefficient (Wildman–Crippen LogP) is 4.09. The van der Waals surface area contributed by atoms with Crippen molar-refractivity contribution in [2.75, 3.05) is 11.9 Å². The zero-order chi connectivity index (χ0) is 17.5. The predicted molar refractivity (Wildman–Crippen MR) is 97.6 cm³/mol. The molecule has 2 N–H and O–H groups in total. The molecule has 24 heavy (non-hydrogen) atoms. The maximum atomic E-state index is 12.3. The molecule has 2 amide bonds. The first-order chi connectivity index (χ1) is 11.5. The van der Waals surface area contributed by atoms with Gasteiger partial charge in [0.2, 0.25) is 0 Å². The van der Waals surface area contributed by atoms with Gasteiger partial charge in [0, 0.05) is 23.4 Å². The van der Waals surface area contributed by atoms with Gasteiger partial charge >= 0.3 is 0 Å². The number of nitrogens with one attached hydrogen (secondary N) is 2. The van der Waals surface area contributed by atoms with E-state index in [2.05, 4.69) is 17.6 Å². The summed E-state index contributed by atoms with van der Waals surface area (Å²) in [6, 6.07) is 12.5. The number of carbonyl (C=O) groups is 2. The molecule has 4 heteroatoms. The molecule has 0 spiro atoms. The van der Waals surface area contributed by atoms with E-state index in [-0.39, 0.29) is 11.8 Å². The highest BCUT2D eigenvalue weighted by molar-refractivity contribution is 6.05. The van der Waals surface area contributed by atoms with Gasteiger partial charge in [-0.2, -0.15) is 0 Å². The molecule has 0 saturated heterocycles. The molecular formula is C20H24N2O2. The lowest BCUT2D eigenvalue weighted by Gasteiger charge is -2.08. The number of hydrogen-bond donors (Lipinski definition) is 2.